The van der Waals surface area contributed by atoms with E-state index in [-0.39, 0.29) is 26.1 Å². The van der Waals surface area contributed by atoms with Gasteiger partial charge in [0.05, 0.1) is 13.2 Å². The summed E-state index contributed by atoms with van der Waals surface area (Å²) in [5, 5.41) is 40.0. The van der Waals surface area contributed by atoms with Crippen molar-refractivity contribution >= 4 is 11.9 Å². The van der Waals surface area contributed by atoms with Gasteiger partial charge >= 0.3 is 11.9 Å². The highest BCUT2D eigenvalue weighted by molar-refractivity contribution is 5.70. The number of aliphatic hydroxyl groups is 4. The van der Waals surface area contributed by atoms with Gasteiger partial charge in [0.15, 0.2) is 12.4 Å². The maximum absolute atomic E-state index is 12.7. The van der Waals surface area contributed by atoms with Crippen LogP contribution < -0.4 is 0 Å². The van der Waals surface area contributed by atoms with E-state index in [1.54, 1.807) is 0 Å². The Morgan fingerprint density at radius 3 is 1.53 bits per heavy atom. The molecule has 0 aromatic rings. The molecule has 0 aliphatic carbocycles. The van der Waals surface area contributed by atoms with Gasteiger partial charge in [-0.1, -0.05) is 125 Å². The molecule has 0 unspecified atom stereocenters. The predicted molar refractivity (Wildman–Crippen MR) is 219 cm³/mol. The van der Waals surface area contributed by atoms with Crippen molar-refractivity contribution in [2.24, 2.45) is 0 Å². The summed E-state index contributed by atoms with van der Waals surface area (Å²) in [5.41, 5.74) is 0. The Bertz CT molecular complexity index is 1120. The number of aliphatic hydroxyl groups excluding tert-OH is 4. The van der Waals surface area contributed by atoms with E-state index in [1.165, 1.54) is 0 Å². The maximum Gasteiger partial charge on any atom is 0.306 e. The van der Waals surface area contributed by atoms with E-state index in [2.05, 4.69) is 86.8 Å². The van der Waals surface area contributed by atoms with Crippen LogP contribution in [0.15, 0.2) is 72.9 Å². The van der Waals surface area contributed by atoms with Crippen molar-refractivity contribution < 1.29 is 49.0 Å². The van der Waals surface area contributed by atoms with E-state index < -0.39 is 55.4 Å². The van der Waals surface area contributed by atoms with Crippen LogP contribution >= 0.6 is 0 Å². The molecule has 1 saturated heterocycles. The van der Waals surface area contributed by atoms with Crippen LogP contribution in [-0.4, -0.2) is 89.0 Å². The molecular weight excluding hydrogens is 700 g/mol. The Kier molecular flexibility index (Phi) is 32.4. The fourth-order valence-electron chi connectivity index (χ4n) is 5.80. The summed E-state index contributed by atoms with van der Waals surface area (Å²) in [4.78, 5) is 25.3. The fraction of sp³-hybridized carbons (Fsp3) is 0.689. The first-order chi connectivity index (χ1) is 26.8. The number of allylic oxidation sites excluding steroid dienone is 12. The van der Waals surface area contributed by atoms with Gasteiger partial charge in [-0.25, -0.2) is 0 Å². The van der Waals surface area contributed by atoms with Crippen molar-refractivity contribution in [3.63, 3.8) is 0 Å². The summed E-state index contributed by atoms with van der Waals surface area (Å²) in [6, 6.07) is 0. The Morgan fingerprint density at radius 2 is 1.02 bits per heavy atom. The SMILES string of the molecule is CC/C=C\C/C=C\C/C=C\CCCCCCCC(=O)OC[C@H](CO[C@@H]1O[C@H](CO)[C@H](O)[C@H](O)[C@H]1O)OC(=O)CCCCCCC/C=C\C/C=C\C/C=C\CC. The summed E-state index contributed by atoms with van der Waals surface area (Å²) in [6.45, 7) is 3.14. The summed E-state index contributed by atoms with van der Waals surface area (Å²) < 4.78 is 22.1. The van der Waals surface area contributed by atoms with Gasteiger partial charge in [-0.3, -0.25) is 9.59 Å². The van der Waals surface area contributed by atoms with Crippen LogP contribution in [0, 0.1) is 0 Å². The number of carbonyl (C=O) groups is 2. The van der Waals surface area contributed by atoms with Gasteiger partial charge in [0.25, 0.3) is 0 Å². The van der Waals surface area contributed by atoms with Crippen molar-refractivity contribution in [3.05, 3.63) is 72.9 Å². The lowest BCUT2D eigenvalue weighted by Gasteiger charge is -2.39. The second-order valence-corrected chi connectivity index (χ2v) is 14.0. The predicted octanol–water partition coefficient (Wildman–Crippen LogP) is 8.44. The summed E-state index contributed by atoms with van der Waals surface area (Å²) in [5.74, 6) is -0.855. The van der Waals surface area contributed by atoms with Crippen LogP contribution in [0.1, 0.15) is 142 Å². The minimum atomic E-state index is -1.60. The molecule has 0 bridgehead atoms. The molecule has 0 spiro atoms. The average molecular weight is 775 g/mol. The minimum absolute atomic E-state index is 0.202. The highest BCUT2D eigenvalue weighted by atomic mass is 16.7. The fourth-order valence-corrected chi connectivity index (χ4v) is 5.80. The highest BCUT2D eigenvalue weighted by Gasteiger charge is 2.44. The molecule has 10 nitrogen and oxygen atoms in total. The molecule has 0 amide bonds. The van der Waals surface area contributed by atoms with Crippen molar-refractivity contribution in [2.75, 3.05) is 19.8 Å². The van der Waals surface area contributed by atoms with Gasteiger partial charge in [0.2, 0.25) is 0 Å². The summed E-state index contributed by atoms with van der Waals surface area (Å²) >= 11 is 0. The van der Waals surface area contributed by atoms with E-state index in [4.69, 9.17) is 18.9 Å². The van der Waals surface area contributed by atoms with Gasteiger partial charge in [-0.2, -0.15) is 0 Å². The number of esters is 2. The van der Waals surface area contributed by atoms with Gasteiger partial charge in [0, 0.05) is 12.8 Å². The molecule has 0 saturated carbocycles. The van der Waals surface area contributed by atoms with Crippen LogP contribution in [0.4, 0.5) is 0 Å². The summed E-state index contributed by atoms with van der Waals surface area (Å²) in [6.07, 6.45) is 36.2. The van der Waals surface area contributed by atoms with Gasteiger partial charge in [0.1, 0.15) is 31.0 Å². The molecular formula is C45H74O10. The molecule has 10 heteroatoms. The van der Waals surface area contributed by atoms with Crippen molar-refractivity contribution in [3.8, 4) is 0 Å². The lowest BCUT2D eigenvalue weighted by molar-refractivity contribution is -0.305. The molecule has 0 aromatic heterocycles. The molecule has 4 N–H and O–H groups in total. The molecule has 1 rings (SSSR count). The number of hydrogen-bond donors (Lipinski definition) is 4. The third-order valence-corrected chi connectivity index (χ3v) is 9.09. The first kappa shape index (κ1) is 50.2. The highest BCUT2D eigenvalue weighted by Crippen LogP contribution is 2.22. The zero-order valence-corrected chi connectivity index (χ0v) is 33.9. The van der Waals surface area contributed by atoms with Crippen molar-refractivity contribution in [2.45, 2.75) is 179 Å². The van der Waals surface area contributed by atoms with Crippen LogP contribution in [0.5, 0.6) is 0 Å². The number of ether oxygens (including phenoxy) is 4. The normalized spacial score (nSPS) is 21.3. The van der Waals surface area contributed by atoms with Crippen LogP contribution in [0.2, 0.25) is 0 Å². The average Bonchev–Trinajstić information content (AvgIpc) is 3.18. The molecule has 55 heavy (non-hydrogen) atoms. The third kappa shape index (κ3) is 27.4. The molecule has 1 fully saturated rings. The number of carbonyl (C=O) groups excluding carboxylic acids is 2. The molecule has 6 atom stereocenters. The first-order valence-electron chi connectivity index (χ1n) is 21.0. The van der Waals surface area contributed by atoms with Crippen LogP contribution in [0.3, 0.4) is 0 Å². The van der Waals surface area contributed by atoms with E-state index in [0.717, 1.165) is 103 Å². The third-order valence-electron chi connectivity index (χ3n) is 9.09. The molecule has 314 valence electrons. The smallest absolute Gasteiger partial charge is 0.306 e. The van der Waals surface area contributed by atoms with Crippen LogP contribution in [0.25, 0.3) is 0 Å². The van der Waals surface area contributed by atoms with Crippen LogP contribution in [-0.2, 0) is 28.5 Å². The second kappa shape index (κ2) is 35.5. The number of hydrogen-bond acceptors (Lipinski definition) is 10. The quantitative estimate of drug-likeness (QED) is 0.0291. The molecule has 0 aromatic carbocycles. The molecule has 1 heterocycles. The largest absolute Gasteiger partial charge is 0.462 e. The minimum Gasteiger partial charge on any atom is -0.462 e. The van der Waals surface area contributed by atoms with E-state index in [1.807, 2.05) is 0 Å². The number of unbranched alkanes of at least 4 members (excludes halogenated alkanes) is 10. The maximum atomic E-state index is 12.7. The zero-order valence-electron chi connectivity index (χ0n) is 33.9. The Labute approximate surface area is 332 Å². The topological polar surface area (TPSA) is 152 Å². The lowest BCUT2D eigenvalue weighted by atomic mass is 9.99. The standard InChI is InChI=1S/C45H74O10/c1-3-5-7-9-11-13-15-17-19-21-23-25-27-29-31-33-40(47)52-36-38(37-53-45-44(51)43(50)42(49)39(35-46)55-45)54-41(48)34-32-30-28-26-24-22-20-18-16-14-12-10-8-6-4-2/h5-8,11-14,17-20,38-39,42-46,49-51H,3-4,9-10,15-16,21-37H2,1-2H3/b7-5-,8-6-,13-11-,14-12-,19-17-,20-18-/t38-,39-,42+,43+,44-,45-/m1/s1. The first-order valence-corrected chi connectivity index (χ1v) is 21.0. The number of rotatable bonds is 33. The Hall–Kier alpha value is -2.86. The van der Waals surface area contributed by atoms with Crippen molar-refractivity contribution in [1.29, 1.82) is 0 Å². The summed E-state index contributed by atoms with van der Waals surface area (Å²) in [7, 11) is 0. The van der Waals surface area contributed by atoms with E-state index >= 15 is 0 Å². The zero-order chi connectivity index (χ0) is 40.2. The molecule has 1 aliphatic rings. The van der Waals surface area contributed by atoms with E-state index in [0.29, 0.717) is 12.8 Å². The Morgan fingerprint density at radius 1 is 0.564 bits per heavy atom. The Balaban J connectivity index is 2.39. The molecule has 1 aliphatic heterocycles. The van der Waals surface area contributed by atoms with Gasteiger partial charge < -0.3 is 39.4 Å². The molecule has 0 radical (unpaired) electrons. The van der Waals surface area contributed by atoms with Crippen molar-refractivity contribution in [1.82, 2.24) is 0 Å². The second-order valence-electron chi connectivity index (χ2n) is 14.0. The monoisotopic (exact) mass is 775 g/mol. The van der Waals surface area contributed by atoms with E-state index in [9.17, 15) is 30.0 Å². The van der Waals surface area contributed by atoms with Gasteiger partial charge in [-0.05, 0) is 77.0 Å². The lowest BCUT2D eigenvalue weighted by Crippen LogP contribution is -2.59. The van der Waals surface area contributed by atoms with Gasteiger partial charge in [-0.15, -0.1) is 0 Å².